The van der Waals surface area contributed by atoms with Crippen LogP contribution in [0.25, 0.3) is 0 Å². The molecule has 2 aromatic rings. The summed E-state index contributed by atoms with van der Waals surface area (Å²) in [4.78, 5) is 43.5. The molecule has 0 spiro atoms. The molecule has 5 N–H and O–H groups in total. The molecule has 0 bridgehead atoms. The van der Waals surface area contributed by atoms with Gasteiger partial charge in [-0.05, 0) is 24.3 Å². The van der Waals surface area contributed by atoms with Crippen molar-refractivity contribution in [2.24, 2.45) is 5.92 Å². The van der Waals surface area contributed by atoms with Gasteiger partial charge in [0.1, 0.15) is 0 Å². The third kappa shape index (κ3) is 9.27. The van der Waals surface area contributed by atoms with Crippen molar-refractivity contribution in [3.05, 3.63) is 72.8 Å². The first-order valence-electron chi connectivity index (χ1n) is 9.13. The predicted octanol–water partition coefficient (Wildman–Crippen LogP) is 2.49. The number of amides is 1. The van der Waals surface area contributed by atoms with Crippen LogP contribution in [-0.2, 0) is 19.2 Å². The normalized spacial score (nSPS) is 14.4. The molecule has 1 fully saturated rings. The fraction of sp³-hybridized carbons (Fsp3) is 0.182. The monoisotopic (exact) mass is 428 g/mol. The second-order valence-electron chi connectivity index (χ2n) is 6.47. The average Bonchev–Trinajstić information content (AvgIpc) is 3.12. The second kappa shape index (κ2) is 12.4. The molecule has 164 valence electrons. The maximum absolute atomic E-state index is 11.6. The molecule has 1 saturated heterocycles. The summed E-state index contributed by atoms with van der Waals surface area (Å²) in [6, 6.07) is 18.6. The highest BCUT2D eigenvalue weighted by molar-refractivity contribution is 5.99. The highest BCUT2D eigenvalue weighted by Gasteiger charge is 2.34. The van der Waals surface area contributed by atoms with Crippen molar-refractivity contribution < 1.29 is 34.5 Å². The molecule has 9 heteroatoms. The Morgan fingerprint density at radius 3 is 1.81 bits per heavy atom. The Balaban J connectivity index is 0.000000257. The van der Waals surface area contributed by atoms with E-state index in [2.05, 4.69) is 6.58 Å². The van der Waals surface area contributed by atoms with Gasteiger partial charge >= 0.3 is 17.9 Å². The minimum atomic E-state index is -1.27. The standard InChI is InChI=1S/C11H11NO3.C6H7N.C5H6O4/c13-10-6-8(11(14)15)7-12(10)9-4-2-1-3-5-9;7-6-4-2-1-3-5-6;1-3(5(8)9)2-4(6)7/h1-5,8H,6-7H2,(H,14,15);1-5H,7H2;1-2H2,(H,6,7)(H,8,9). The van der Waals surface area contributed by atoms with Gasteiger partial charge in [0.15, 0.2) is 0 Å². The molecule has 1 aliphatic heterocycles. The van der Waals surface area contributed by atoms with Gasteiger partial charge in [-0.2, -0.15) is 0 Å². The number of aliphatic carboxylic acids is 3. The van der Waals surface area contributed by atoms with Crippen LogP contribution in [0.1, 0.15) is 12.8 Å². The van der Waals surface area contributed by atoms with Crippen LogP contribution < -0.4 is 10.6 Å². The molecule has 0 aliphatic carbocycles. The Hall–Kier alpha value is -4.14. The Morgan fingerprint density at radius 2 is 1.48 bits per heavy atom. The van der Waals surface area contributed by atoms with Gasteiger partial charge in [0, 0.05) is 29.9 Å². The van der Waals surface area contributed by atoms with Gasteiger partial charge in [0.2, 0.25) is 5.91 Å². The summed E-state index contributed by atoms with van der Waals surface area (Å²) in [7, 11) is 0. The van der Waals surface area contributed by atoms with E-state index in [0.717, 1.165) is 11.4 Å². The van der Waals surface area contributed by atoms with E-state index >= 15 is 0 Å². The first-order chi connectivity index (χ1) is 14.6. The number of nitrogen functional groups attached to an aromatic ring is 1. The van der Waals surface area contributed by atoms with Gasteiger partial charge in [-0.3, -0.25) is 14.4 Å². The molecule has 1 heterocycles. The van der Waals surface area contributed by atoms with Crippen LogP contribution in [0.4, 0.5) is 11.4 Å². The van der Waals surface area contributed by atoms with Crippen molar-refractivity contribution >= 4 is 35.2 Å². The first kappa shape index (κ1) is 24.9. The van der Waals surface area contributed by atoms with Gasteiger partial charge in [-0.1, -0.05) is 43.0 Å². The topological polar surface area (TPSA) is 158 Å². The molecule has 9 nitrogen and oxygen atoms in total. The summed E-state index contributed by atoms with van der Waals surface area (Å²) in [6.45, 7) is 3.29. The molecule has 1 amide bonds. The number of carbonyl (C=O) groups is 4. The van der Waals surface area contributed by atoms with Crippen molar-refractivity contribution in [1.82, 2.24) is 0 Å². The lowest BCUT2D eigenvalue weighted by molar-refractivity contribution is -0.141. The fourth-order valence-electron chi connectivity index (χ4n) is 2.44. The SMILES string of the molecule is C=C(CC(=O)O)C(=O)O.Nc1ccccc1.O=C(O)C1CC(=O)N(c2ccccc2)C1. The molecular weight excluding hydrogens is 404 g/mol. The van der Waals surface area contributed by atoms with Crippen LogP contribution >= 0.6 is 0 Å². The molecule has 1 unspecified atom stereocenters. The zero-order valence-corrected chi connectivity index (χ0v) is 16.7. The van der Waals surface area contributed by atoms with Gasteiger partial charge < -0.3 is 26.0 Å². The zero-order chi connectivity index (χ0) is 23.4. The van der Waals surface area contributed by atoms with Crippen LogP contribution in [-0.4, -0.2) is 45.7 Å². The Bertz CT molecular complexity index is 914. The van der Waals surface area contributed by atoms with E-state index < -0.39 is 30.2 Å². The van der Waals surface area contributed by atoms with Crippen LogP contribution in [0.5, 0.6) is 0 Å². The van der Waals surface area contributed by atoms with E-state index in [9.17, 15) is 19.2 Å². The molecule has 31 heavy (non-hydrogen) atoms. The van der Waals surface area contributed by atoms with Crippen LogP contribution in [0.3, 0.4) is 0 Å². The Morgan fingerprint density at radius 1 is 0.968 bits per heavy atom. The van der Waals surface area contributed by atoms with Crippen molar-refractivity contribution in [3.63, 3.8) is 0 Å². The summed E-state index contributed by atoms with van der Waals surface area (Å²) >= 11 is 0. The van der Waals surface area contributed by atoms with Crippen molar-refractivity contribution in [1.29, 1.82) is 0 Å². The number of benzene rings is 2. The van der Waals surface area contributed by atoms with Gasteiger partial charge in [-0.15, -0.1) is 0 Å². The second-order valence-corrected chi connectivity index (χ2v) is 6.47. The van der Waals surface area contributed by atoms with Crippen molar-refractivity contribution in [3.8, 4) is 0 Å². The van der Waals surface area contributed by atoms with E-state index in [0.29, 0.717) is 0 Å². The highest BCUT2D eigenvalue weighted by atomic mass is 16.4. The molecular formula is C22H24N2O7. The molecule has 0 radical (unpaired) electrons. The molecule has 0 aromatic heterocycles. The molecule has 0 saturated carbocycles. The van der Waals surface area contributed by atoms with Gasteiger partial charge in [0.05, 0.1) is 12.3 Å². The maximum atomic E-state index is 11.6. The predicted molar refractivity (Wildman–Crippen MR) is 114 cm³/mol. The van der Waals surface area contributed by atoms with Gasteiger partial charge in [0.25, 0.3) is 0 Å². The van der Waals surface area contributed by atoms with Gasteiger partial charge in [-0.25, -0.2) is 4.79 Å². The lowest BCUT2D eigenvalue weighted by Gasteiger charge is -2.15. The van der Waals surface area contributed by atoms with E-state index in [1.54, 1.807) is 0 Å². The summed E-state index contributed by atoms with van der Waals surface area (Å²) in [5.74, 6) is -4.03. The third-order valence-corrected chi connectivity index (χ3v) is 4.01. The molecule has 1 atom stereocenters. The summed E-state index contributed by atoms with van der Waals surface area (Å²) in [5.41, 5.74) is 6.65. The lowest BCUT2D eigenvalue weighted by Crippen LogP contribution is -2.25. The highest BCUT2D eigenvalue weighted by Crippen LogP contribution is 2.24. The Labute approximate surface area is 179 Å². The zero-order valence-electron chi connectivity index (χ0n) is 16.7. The lowest BCUT2D eigenvalue weighted by atomic mass is 10.1. The number of rotatable bonds is 5. The molecule has 2 aromatic carbocycles. The van der Waals surface area contributed by atoms with E-state index in [4.69, 9.17) is 21.1 Å². The minimum Gasteiger partial charge on any atom is -0.481 e. The van der Waals surface area contributed by atoms with E-state index in [1.165, 1.54) is 4.90 Å². The van der Waals surface area contributed by atoms with Crippen molar-refractivity contribution in [2.75, 3.05) is 17.2 Å². The number of carboxylic acid groups (broad SMARTS) is 3. The number of hydrogen-bond acceptors (Lipinski definition) is 5. The number of nitrogens with zero attached hydrogens (tertiary/aromatic N) is 1. The largest absolute Gasteiger partial charge is 0.481 e. The summed E-state index contributed by atoms with van der Waals surface area (Å²) in [5, 5.41) is 24.9. The van der Waals surface area contributed by atoms with Crippen LogP contribution in [0, 0.1) is 5.92 Å². The number of carbonyl (C=O) groups excluding carboxylic acids is 1. The van der Waals surface area contributed by atoms with Crippen LogP contribution in [0.2, 0.25) is 0 Å². The molecule has 3 rings (SSSR count). The number of hydrogen-bond donors (Lipinski definition) is 4. The third-order valence-electron chi connectivity index (χ3n) is 4.01. The van der Waals surface area contributed by atoms with Crippen LogP contribution in [0.15, 0.2) is 72.8 Å². The quantitative estimate of drug-likeness (QED) is 0.418. The fourth-order valence-corrected chi connectivity index (χ4v) is 2.44. The van der Waals surface area contributed by atoms with E-state index in [1.807, 2.05) is 60.7 Å². The summed E-state index contributed by atoms with van der Waals surface area (Å²) in [6.07, 6.45) is -0.403. The number of anilines is 2. The smallest absolute Gasteiger partial charge is 0.331 e. The van der Waals surface area contributed by atoms with Crippen molar-refractivity contribution in [2.45, 2.75) is 12.8 Å². The molecule has 1 aliphatic rings. The number of nitrogens with two attached hydrogens (primary N) is 1. The Kier molecular flexibility index (Phi) is 9.98. The number of para-hydroxylation sites is 2. The first-order valence-corrected chi connectivity index (χ1v) is 9.13. The average molecular weight is 428 g/mol. The summed E-state index contributed by atoms with van der Waals surface area (Å²) < 4.78 is 0. The maximum Gasteiger partial charge on any atom is 0.331 e. The minimum absolute atomic E-state index is 0.101. The van der Waals surface area contributed by atoms with E-state index in [-0.39, 0.29) is 24.4 Å². The number of carboxylic acids is 3.